The minimum atomic E-state index is -0.280. The van der Waals surface area contributed by atoms with Gasteiger partial charge in [0.05, 0.1) is 16.4 Å². The Morgan fingerprint density at radius 1 is 0.962 bits per heavy atom. The van der Waals surface area contributed by atoms with Crippen LogP contribution in [0.3, 0.4) is 0 Å². The Hall–Kier alpha value is -3.05. The molecule has 4 rings (SSSR count). The van der Waals surface area contributed by atoms with E-state index in [-0.39, 0.29) is 11.5 Å². The molecule has 6 heteroatoms. The van der Waals surface area contributed by atoms with Gasteiger partial charge in [0.25, 0.3) is 11.5 Å². The highest BCUT2D eigenvalue weighted by Crippen LogP contribution is 2.25. The van der Waals surface area contributed by atoms with E-state index in [0.29, 0.717) is 21.8 Å². The van der Waals surface area contributed by atoms with Crippen molar-refractivity contribution < 1.29 is 4.79 Å². The van der Waals surface area contributed by atoms with E-state index >= 15 is 0 Å². The van der Waals surface area contributed by atoms with Crippen molar-refractivity contribution in [2.24, 2.45) is 14.1 Å². The van der Waals surface area contributed by atoms with Crippen LogP contribution in [0.1, 0.15) is 10.5 Å². The van der Waals surface area contributed by atoms with E-state index in [9.17, 15) is 9.59 Å². The first-order valence-corrected chi connectivity index (χ1v) is 8.49. The van der Waals surface area contributed by atoms with Crippen molar-refractivity contribution in [1.29, 1.82) is 0 Å². The molecule has 0 saturated heterocycles. The Morgan fingerprint density at radius 3 is 2.38 bits per heavy atom. The summed E-state index contributed by atoms with van der Waals surface area (Å²) < 4.78 is 3.38. The smallest absolute Gasteiger partial charge is 0.272 e. The van der Waals surface area contributed by atoms with Gasteiger partial charge >= 0.3 is 0 Å². The SMILES string of the molecule is Cn1c(C(=O)Nc2ccc(Cl)cc2)cc2c(=O)n(C)c3ccccc3c21. The number of para-hydroxylation sites is 1. The molecule has 0 aliphatic heterocycles. The fraction of sp³-hybridized carbons (Fsp3) is 0.100. The fourth-order valence-electron chi connectivity index (χ4n) is 3.29. The van der Waals surface area contributed by atoms with Gasteiger partial charge < -0.3 is 14.5 Å². The summed E-state index contributed by atoms with van der Waals surface area (Å²) in [5.74, 6) is -0.280. The largest absolute Gasteiger partial charge is 0.339 e. The van der Waals surface area contributed by atoms with Gasteiger partial charge in [-0.3, -0.25) is 9.59 Å². The lowest BCUT2D eigenvalue weighted by atomic mass is 10.1. The maximum atomic E-state index is 12.7. The highest BCUT2D eigenvalue weighted by atomic mass is 35.5. The number of carbonyl (C=O) groups excluding carboxylic acids is 1. The molecule has 0 bridgehead atoms. The van der Waals surface area contributed by atoms with Gasteiger partial charge in [-0.2, -0.15) is 0 Å². The molecule has 26 heavy (non-hydrogen) atoms. The van der Waals surface area contributed by atoms with Crippen LogP contribution in [0, 0.1) is 0 Å². The van der Waals surface area contributed by atoms with Gasteiger partial charge in [0, 0.05) is 30.2 Å². The van der Waals surface area contributed by atoms with Crippen molar-refractivity contribution in [3.8, 4) is 0 Å². The van der Waals surface area contributed by atoms with Gasteiger partial charge in [0.15, 0.2) is 0 Å². The van der Waals surface area contributed by atoms with E-state index < -0.39 is 0 Å². The van der Waals surface area contributed by atoms with Crippen molar-refractivity contribution >= 4 is 45.0 Å². The number of halogens is 1. The molecule has 0 aliphatic rings. The Bertz CT molecular complexity index is 1220. The second-order valence-electron chi connectivity index (χ2n) is 6.19. The first kappa shape index (κ1) is 16.4. The Balaban J connectivity index is 1.89. The number of carbonyl (C=O) groups is 1. The number of aromatic nitrogens is 2. The molecule has 5 nitrogen and oxygen atoms in total. The molecule has 2 heterocycles. The van der Waals surface area contributed by atoms with Crippen LogP contribution in [0.2, 0.25) is 5.02 Å². The molecule has 0 radical (unpaired) electrons. The molecule has 130 valence electrons. The summed E-state index contributed by atoms with van der Waals surface area (Å²) >= 11 is 5.88. The van der Waals surface area contributed by atoms with Gasteiger partial charge in [-0.05, 0) is 36.4 Å². The second kappa shape index (κ2) is 6.04. The van der Waals surface area contributed by atoms with E-state index in [2.05, 4.69) is 5.32 Å². The minimum absolute atomic E-state index is 0.125. The van der Waals surface area contributed by atoms with Gasteiger partial charge in [-0.15, -0.1) is 0 Å². The normalized spacial score (nSPS) is 11.2. The molecule has 2 aromatic carbocycles. The van der Waals surface area contributed by atoms with Crippen molar-refractivity contribution in [1.82, 2.24) is 9.13 Å². The highest BCUT2D eigenvalue weighted by Gasteiger charge is 2.18. The molecule has 2 aromatic heterocycles. The zero-order chi connectivity index (χ0) is 18.4. The molecule has 4 aromatic rings. The van der Waals surface area contributed by atoms with Crippen LogP contribution < -0.4 is 10.9 Å². The lowest BCUT2D eigenvalue weighted by Crippen LogP contribution is -2.17. The number of amides is 1. The van der Waals surface area contributed by atoms with Gasteiger partial charge in [-0.1, -0.05) is 29.8 Å². The fourth-order valence-corrected chi connectivity index (χ4v) is 3.42. The highest BCUT2D eigenvalue weighted by molar-refractivity contribution is 6.30. The van der Waals surface area contributed by atoms with Crippen molar-refractivity contribution in [3.63, 3.8) is 0 Å². The quantitative estimate of drug-likeness (QED) is 0.585. The maximum absolute atomic E-state index is 12.7. The van der Waals surface area contributed by atoms with Crippen LogP contribution in [0.25, 0.3) is 21.8 Å². The number of aryl methyl sites for hydroxylation is 2. The summed E-state index contributed by atoms with van der Waals surface area (Å²) in [4.78, 5) is 25.5. The van der Waals surface area contributed by atoms with Gasteiger partial charge in [0.2, 0.25) is 0 Å². The molecular formula is C20H16ClN3O2. The number of hydrogen-bond acceptors (Lipinski definition) is 2. The number of hydrogen-bond donors (Lipinski definition) is 1. The van der Waals surface area contributed by atoms with Crippen LogP contribution in [-0.4, -0.2) is 15.0 Å². The van der Waals surface area contributed by atoms with Crippen molar-refractivity contribution in [3.05, 3.63) is 75.7 Å². The molecule has 1 amide bonds. The molecule has 0 unspecified atom stereocenters. The third kappa shape index (κ3) is 2.48. The van der Waals surface area contributed by atoms with Crippen LogP contribution >= 0.6 is 11.6 Å². The molecular weight excluding hydrogens is 350 g/mol. The molecule has 0 fully saturated rings. The Kier molecular flexibility index (Phi) is 3.81. The number of pyridine rings is 1. The number of rotatable bonds is 2. The van der Waals surface area contributed by atoms with E-state index in [1.807, 2.05) is 24.3 Å². The molecule has 0 atom stereocenters. The summed E-state index contributed by atoms with van der Waals surface area (Å²) in [7, 11) is 3.54. The summed E-state index contributed by atoms with van der Waals surface area (Å²) in [5, 5.41) is 4.89. The Labute approximate surface area is 154 Å². The summed E-state index contributed by atoms with van der Waals surface area (Å²) in [5.41, 5.74) is 2.52. The number of nitrogens with zero attached hydrogens (tertiary/aromatic N) is 2. The average molecular weight is 366 g/mol. The predicted molar refractivity (Wildman–Crippen MR) is 105 cm³/mol. The third-order valence-electron chi connectivity index (χ3n) is 4.62. The van der Waals surface area contributed by atoms with Crippen LogP contribution in [0.4, 0.5) is 5.69 Å². The maximum Gasteiger partial charge on any atom is 0.272 e. The number of nitrogens with one attached hydrogen (secondary N) is 1. The van der Waals surface area contributed by atoms with E-state index in [1.54, 1.807) is 53.6 Å². The minimum Gasteiger partial charge on any atom is -0.339 e. The van der Waals surface area contributed by atoms with E-state index in [4.69, 9.17) is 11.6 Å². The van der Waals surface area contributed by atoms with Crippen LogP contribution in [-0.2, 0) is 14.1 Å². The summed E-state index contributed by atoms with van der Waals surface area (Å²) in [6.45, 7) is 0. The molecule has 0 aliphatic carbocycles. The number of anilines is 1. The molecule has 0 saturated carbocycles. The zero-order valence-corrected chi connectivity index (χ0v) is 15.0. The summed E-state index contributed by atoms with van der Waals surface area (Å²) in [6, 6.07) is 16.2. The third-order valence-corrected chi connectivity index (χ3v) is 4.88. The molecule has 0 spiro atoms. The number of fused-ring (bicyclic) bond motifs is 3. The topological polar surface area (TPSA) is 56.0 Å². The monoisotopic (exact) mass is 365 g/mol. The van der Waals surface area contributed by atoms with Crippen molar-refractivity contribution in [2.75, 3.05) is 5.32 Å². The van der Waals surface area contributed by atoms with Crippen LogP contribution in [0.15, 0.2) is 59.4 Å². The van der Waals surface area contributed by atoms with Gasteiger partial charge in [-0.25, -0.2) is 0 Å². The first-order valence-electron chi connectivity index (χ1n) is 8.11. The first-order chi connectivity index (χ1) is 12.5. The lowest BCUT2D eigenvalue weighted by molar-refractivity contribution is 0.102. The van der Waals surface area contributed by atoms with E-state index in [0.717, 1.165) is 16.4 Å². The van der Waals surface area contributed by atoms with Crippen molar-refractivity contribution in [2.45, 2.75) is 0 Å². The lowest BCUT2D eigenvalue weighted by Gasteiger charge is -2.09. The predicted octanol–water partition coefficient (Wildman–Crippen LogP) is 3.94. The Morgan fingerprint density at radius 2 is 1.65 bits per heavy atom. The zero-order valence-electron chi connectivity index (χ0n) is 14.3. The van der Waals surface area contributed by atoms with Gasteiger partial charge in [0.1, 0.15) is 5.69 Å². The summed E-state index contributed by atoms with van der Waals surface area (Å²) in [6.07, 6.45) is 0. The standard InChI is InChI=1S/C20H16ClN3O2/c1-23-17(19(25)22-13-9-7-12(21)8-10-13)11-15-18(23)14-5-3-4-6-16(14)24(2)20(15)26/h3-11H,1-2H3,(H,22,25). The van der Waals surface area contributed by atoms with E-state index in [1.165, 1.54) is 0 Å². The van der Waals surface area contributed by atoms with Crippen LogP contribution in [0.5, 0.6) is 0 Å². The average Bonchev–Trinajstić information content (AvgIpc) is 2.99. The number of benzene rings is 2. The second-order valence-corrected chi connectivity index (χ2v) is 6.63. The molecule has 1 N–H and O–H groups in total.